The molecule has 0 aromatic carbocycles. The van der Waals surface area contributed by atoms with Crippen LogP contribution in [0.25, 0.3) is 22.1 Å². The Balaban J connectivity index is 2.02. The van der Waals surface area contributed by atoms with E-state index in [9.17, 15) is 14.4 Å². The van der Waals surface area contributed by atoms with Crippen LogP contribution in [0, 0.1) is 5.92 Å². The highest BCUT2D eigenvalue weighted by molar-refractivity contribution is 5.93. The summed E-state index contributed by atoms with van der Waals surface area (Å²) in [5.41, 5.74) is 1.80. The Morgan fingerprint density at radius 1 is 1.24 bits per heavy atom. The number of nitrogens with zero attached hydrogens (tertiary/aromatic N) is 3. The van der Waals surface area contributed by atoms with Crippen molar-refractivity contribution >= 4 is 28.5 Å². The van der Waals surface area contributed by atoms with Gasteiger partial charge in [0.15, 0.2) is 5.78 Å². The van der Waals surface area contributed by atoms with Crippen LogP contribution in [0.5, 0.6) is 0 Å². The Kier molecular flexibility index (Phi) is 7.48. The van der Waals surface area contributed by atoms with E-state index in [0.717, 1.165) is 17.5 Å². The first-order chi connectivity index (χ1) is 15.7. The normalized spacial score (nSPS) is 13.3. The minimum absolute atomic E-state index is 0.00637. The predicted octanol–water partition coefficient (Wildman–Crippen LogP) is 3.98. The molecule has 3 aromatic heterocycles. The molecule has 3 rings (SSSR count). The molecule has 1 N–H and O–H groups in total. The maximum Gasteiger partial charge on any atom is 0.261 e. The van der Waals surface area contributed by atoms with E-state index in [1.54, 1.807) is 37.6 Å². The first-order valence-corrected chi connectivity index (χ1v) is 11.3. The number of rotatable bonds is 9. The molecule has 0 spiro atoms. The lowest BCUT2D eigenvalue weighted by atomic mass is 9.97. The number of hydrogen-bond donors (Lipinski definition) is 1. The molecule has 0 aliphatic carbocycles. The van der Waals surface area contributed by atoms with Crippen molar-refractivity contribution in [2.45, 2.75) is 53.6 Å². The Morgan fingerprint density at radius 2 is 1.97 bits per heavy atom. The van der Waals surface area contributed by atoms with Gasteiger partial charge < -0.3 is 14.3 Å². The highest BCUT2D eigenvalue weighted by Gasteiger charge is 2.25. The quantitative estimate of drug-likeness (QED) is 0.527. The second kappa shape index (κ2) is 10.1. The SMILES string of the molecule is CCC(C)C(=O)C(C)N(CC)Cc1cc2c(=O)n(C)cc(-c3ccnc(NC(C)=O)c3)c2o1. The first kappa shape index (κ1) is 24.4. The van der Waals surface area contributed by atoms with Crippen molar-refractivity contribution in [1.29, 1.82) is 0 Å². The largest absolute Gasteiger partial charge is 0.459 e. The molecule has 8 nitrogen and oxygen atoms in total. The minimum Gasteiger partial charge on any atom is -0.459 e. The van der Waals surface area contributed by atoms with Crippen LogP contribution < -0.4 is 10.9 Å². The zero-order valence-electron chi connectivity index (χ0n) is 20.1. The number of aromatic nitrogens is 2. The van der Waals surface area contributed by atoms with Gasteiger partial charge in [-0.1, -0.05) is 20.8 Å². The second-order valence-corrected chi connectivity index (χ2v) is 8.48. The number of fused-ring (bicyclic) bond motifs is 1. The highest BCUT2D eigenvalue weighted by atomic mass is 16.3. The smallest absolute Gasteiger partial charge is 0.261 e. The molecule has 0 bridgehead atoms. The van der Waals surface area contributed by atoms with E-state index in [1.165, 1.54) is 11.5 Å². The topological polar surface area (TPSA) is 97.4 Å². The Hall–Kier alpha value is -3.26. The average Bonchev–Trinajstić information content (AvgIpc) is 3.22. The van der Waals surface area contributed by atoms with Crippen LogP contribution in [0.15, 0.2) is 39.8 Å². The van der Waals surface area contributed by atoms with Crippen molar-refractivity contribution in [1.82, 2.24) is 14.5 Å². The van der Waals surface area contributed by atoms with Crippen molar-refractivity contribution in [3.63, 3.8) is 0 Å². The van der Waals surface area contributed by atoms with E-state index in [1.807, 2.05) is 27.7 Å². The molecular weight excluding hydrogens is 420 g/mol. The lowest BCUT2D eigenvalue weighted by molar-refractivity contribution is -0.127. The Bertz CT molecular complexity index is 1230. The fourth-order valence-electron chi connectivity index (χ4n) is 3.95. The lowest BCUT2D eigenvalue weighted by Crippen LogP contribution is -2.40. The number of hydrogen-bond acceptors (Lipinski definition) is 6. The Labute approximate surface area is 193 Å². The number of nitrogens with one attached hydrogen (secondary N) is 1. The molecule has 0 radical (unpaired) electrons. The monoisotopic (exact) mass is 452 g/mol. The number of amides is 1. The van der Waals surface area contributed by atoms with Gasteiger partial charge in [-0.3, -0.25) is 19.3 Å². The first-order valence-electron chi connectivity index (χ1n) is 11.3. The van der Waals surface area contributed by atoms with Gasteiger partial charge in [0, 0.05) is 37.8 Å². The molecule has 176 valence electrons. The summed E-state index contributed by atoms with van der Waals surface area (Å²) in [6.45, 7) is 10.4. The maximum absolute atomic E-state index is 12.8. The summed E-state index contributed by atoms with van der Waals surface area (Å²) in [6.07, 6.45) is 4.12. The number of pyridine rings is 2. The van der Waals surface area contributed by atoms with Gasteiger partial charge in [-0.15, -0.1) is 0 Å². The summed E-state index contributed by atoms with van der Waals surface area (Å²) < 4.78 is 7.70. The zero-order valence-corrected chi connectivity index (χ0v) is 20.1. The van der Waals surface area contributed by atoms with Crippen LogP contribution in [0.4, 0.5) is 5.82 Å². The third-order valence-electron chi connectivity index (χ3n) is 6.10. The van der Waals surface area contributed by atoms with Crippen LogP contribution in [-0.2, 0) is 23.2 Å². The summed E-state index contributed by atoms with van der Waals surface area (Å²) >= 11 is 0. The van der Waals surface area contributed by atoms with Gasteiger partial charge in [-0.25, -0.2) is 4.98 Å². The van der Waals surface area contributed by atoms with Gasteiger partial charge >= 0.3 is 0 Å². The maximum atomic E-state index is 12.8. The van der Waals surface area contributed by atoms with Gasteiger partial charge in [0.05, 0.1) is 18.0 Å². The fraction of sp³-hybridized carbons (Fsp3) is 0.440. The van der Waals surface area contributed by atoms with Gasteiger partial charge in [-0.05, 0) is 43.7 Å². The Morgan fingerprint density at radius 3 is 2.61 bits per heavy atom. The second-order valence-electron chi connectivity index (χ2n) is 8.48. The molecule has 8 heteroatoms. The third kappa shape index (κ3) is 5.22. The molecule has 0 aliphatic heterocycles. The number of likely N-dealkylation sites (N-methyl/N-ethyl adjacent to an activating group) is 1. The summed E-state index contributed by atoms with van der Waals surface area (Å²) in [7, 11) is 1.69. The number of furan rings is 1. The number of ketones is 1. The van der Waals surface area contributed by atoms with Crippen LogP contribution in [0.1, 0.15) is 46.8 Å². The molecule has 0 saturated carbocycles. The number of aryl methyl sites for hydroxylation is 1. The van der Waals surface area contributed by atoms with E-state index in [-0.39, 0.29) is 29.2 Å². The summed E-state index contributed by atoms with van der Waals surface area (Å²) in [4.78, 5) is 43.2. The summed E-state index contributed by atoms with van der Waals surface area (Å²) in [5.74, 6) is 1.02. The molecule has 0 aliphatic rings. The molecular formula is C25H32N4O4. The molecule has 2 atom stereocenters. The van der Waals surface area contributed by atoms with Gasteiger partial charge in [-0.2, -0.15) is 0 Å². The summed E-state index contributed by atoms with van der Waals surface area (Å²) in [5, 5.41) is 3.15. The zero-order chi connectivity index (χ0) is 24.3. The number of anilines is 1. The summed E-state index contributed by atoms with van der Waals surface area (Å²) in [6, 6.07) is 5.06. The predicted molar refractivity (Wildman–Crippen MR) is 129 cm³/mol. The fourth-order valence-corrected chi connectivity index (χ4v) is 3.95. The van der Waals surface area contributed by atoms with E-state index >= 15 is 0 Å². The van der Waals surface area contributed by atoms with Crippen molar-refractivity contribution in [2.75, 3.05) is 11.9 Å². The average molecular weight is 453 g/mol. The van der Waals surface area contributed by atoms with E-state index in [0.29, 0.717) is 35.6 Å². The molecule has 0 saturated heterocycles. The molecule has 1 amide bonds. The molecule has 3 aromatic rings. The van der Waals surface area contributed by atoms with Crippen LogP contribution >= 0.6 is 0 Å². The van der Waals surface area contributed by atoms with E-state index in [4.69, 9.17) is 4.42 Å². The standard InChI is InChI=1S/C25H32N4O4/c1-7-15(3)23(31)16(4)29(8-2)13-19-12-20-24(33-19)21(14-28(6)25(20)32)18-9-10-26-22(11-18)27-17(5)30/h9-12,14-16H,7-8,13H2,1-6H3,(H,26,27,30). The van der Waals surface area contributed by atoms with E-state index < -0.39 is 0 Å². The van der Waals surface area contributed by atoms with Crippen molar-refractivity contribution < 1.29 is 14.0 Å². The van der Waals surface area contributed by atoms with Crippen LogP contribution in [-0.4, -0.2) is 38.7 Å². The van der Waals surface area contributed by atoms with Crippen molar-refractivity contribution in [3.05, 3.63) is 46.7 Å². The molecule has 33 heavy (non-hydrogen) atoms. The third-order valence-corrected chi connectivity index (χ3v) is 6.10. The van der Waals surface area contributed by atoms with Crippen LogP contribution in [0.2, 0.25) is 0 Å². The van der Waals surface area contributed by atoms with Gasteiger partial charge in [0.1, 0.15) is 17.2 Å². The highest BCUT2D eigenvalue weighted by Crippen LogP contribution is 2.30. The number of Topliss-reactive ketones (excluding diaryl/α,β-unsaturated/α-hetero) is 1. The lowest BCUT2D eigenvalue weighted by Gasteiger charge is -2.27. The molecule has 2 unspecified atom stereocenters. The van der Waals surface area contributed by atoms with Gasteiger partial charge in [0.2, 0.25) is 5.91 Å². The van der Waals surface area contributed by atoms with Gasteiger partial charge in [0.25, 0.3) is 5.56 Å². The van der Waals surface area contributed by atoms with Crippen LogP contribution in [0.3, 0.4) is 0 Å². The molecule has 0 fully saturated rings. The number of carbonyl (C=O) groups excluding carboxylic acids is 2. The van der Waals surface area contributed by atoms with E-state index in [2.05, 4.69) is 15.2 Å². The van der Waals surface area contributed by atoms with Crippen molar-refractivity contribution in [3.8, 4) is 11.1 Å². The minimum atomic E-state index is -0.249. The van der Waals surface area contributed by atoms with Crippen molar-refractivity contribution in [2.24, 2.45) is 13.0 Å². The molecule has 3 heterocycles. The number of carbonyl (C=O) groups is 2.